The summed E-state index contributed by atoms with van der Waals surface area (Å²) in [6.07, 6.45) is 3.13. The van der Waals surface area contributed by atoms with Crippen molar-refractivity contribution in [3.63, 3.8) is 0 Å². The van der Waals surface area contributed by atoms with Crippen LogP contribution in [0, 0.1) is 0 Å². The van der Waals surface area contributed by atoms with Gasteiger partial charge in [0.05, 0.1) is 5.41 Å². The Hall–Kier alpha value is -3.18. The molecule has 3 aromatic carbocycles. The van der Waals surface area contributed by atoms with E-state index in [0.29, 0.717) is 6.04 Å². The molecule has 174 valence electrons. The van der Waals surface area contributed by atoms with Crippen molar-refractivity contribution < 1.29 is 9.59 Å². The smallest absolute Gasteiger partial charge is 0.238 e. The maximum atomic E-state index is 13.8. The number of carbonyl (C=O) groups is 2. The lowest BCUT2D eigenvalue weighted by Gasteiger charge is -2.40. The highest BCUT2D eigenvalue weighted by Gasteiger charge is 2.50. The molecule has 0 aromatic heterocycles. The van der Waals surface area contributed by atoms with Crippen molar-refractivity contribution >= 4 is 28.3 Å². The van der Waals surface area contributed by atoms with Gasteiger partial charge in [0.25, 0.3) is 0 Å². The number of hydrogen-bond acceptors (Lipinski definition) is 3. The lowest BCUT2D eigenvalue weighted by Crippen LogP contribution is -2.50. The number of fused-ring (bicyclic) bond motifs is 1. The number of carbonyl (C=O) groups excluding carboxylic acids is 2. The normalized spacial score (nSPS) is 24.6. The van der Waals surface area contributed by atoms with Crippen LogP contribution in [0.25, 0.3) is 10.8 Å². The van der Waals surface area contributed by atoms with Crippen LogP contribution in [0.4, 0.5) is 5.69 Å². The molecule has 0 saturated carbocycles. The number of para-hydroxylation sites is 1. The number of nitrogens with zero attached hydrogens (tertiary/aromatic N) is 2. The first-order chi connectivity index (χ1) is 16.5. The molecule has 3 aromatic rings. The maximum Gasteiger partial charge on any atom is 0.238 e. The quantitative estimate of drug-likeness (QED) is 0.639. The molecule has 1 aliphatic carbocycles. The van der Waals surface area contributed by atoms with E-state index in [4.69, 9.17) is 0 Å². The highest BCUT2D eigenvalue weighted by Crippen LogP contribution is 2.47. The first kappa shape index (κ1) is 21.4. The van der Waals surface area contributed by atoms with Crippen LogP contribution >= 0.6 is 0 Å². The summed E-state index contributed by atoms with van der Waals surface area (Å²) >= 11 is 0. The summed E-state index contributed by atoms with van der Waals surface area (Å²) in [6, 6.07) is 21.9. The number of nitrogens with one attached hydrogen (secondary N) is 1. The van der Waals surface area contributed by atoms with Crippen LogP contribution in [0.2, 0.25) is 0 Å². The predicted octanol–water partition coefficient (Wildman–Crippen LogP) is 4.34. The largest absolute Gasteiger partial charge is 0.359 e. The minimum atomic E-state index is -0.809. The zero-order valence-electron chi connectivity index (χ0n) is 19.9. The summed E-state index contributed by atoms with van der Waals surface area (Å²) in [6.45, 7) is 3.87. The van der Waals surface area contributed by atoms with Crippen molar-refractivity contribution in [2.75, 3.05) is 25.0 Å². The van der Waals surface area contributed by atoms with E-state index in [1.807, 2.05) is 36.1 Å². The van der Waals surface area contributed by atoms with E-state index in [9.17, 15) is 9.59 Å². The first-order valence-corrected chi connectivity index (χ1v) is 12.4. The van der Waals surface area contributed by atoms with Crippen molar-refractivity contribution in [3.8, 4) is 0 Å². The molecule has 6 rings (SSSR count). The molecule has 0 bridgehead atoms. The minimum Gasteiger partial charge on any atom is -0.359 e. The number of anilines is 1. The number of likely N-dealkylation sites (tertiary alicyclic amines) is 1. The Kier molecular flexibility index (Phi) is 4.99. The Balaban J connectivity index is 1.23. The van der Waals surface area contributed by atoms with Crippen LogP contribution in [0.1, 0.15) is 48.9 Å². The van der Waals surface area contributed by atoms with Crippen molar-refractivity contribution in [2.24, 2.45) is 0 Å². The average molecular weight is 454 g/mol. The Morgan fingerprint density at radius 2 is 1.76 bits per heavy atom. The van der Waals surface area contributed by atoms with Crippen LogP contribution in [-0.2, 0) is 21.4 Å². The summed E-state index contributed by atoms with van der Waals surface area (Å²) in [4.78, 5) is 30.7. The van der Waals surface area contributed by atoms with E-state index >= 15 is 0 Å². The van der Waals surface area contributed by atoms with Crippen LogP contribution in [-0.4, -0.2) is 42.9 Å². The van der Waals surface area contributed by atoms with Gasteiger partial charge in [-0.3, -0.25) is 14.5 Å². The van der Waals surface area contributed by atoms with Gasteiger partial charge in [-0.2, -0.15) is 0 Å². The summed E-state index contributed by atoms with van der Waals surface area (Å²) < 4.78 is 0. The van der Waals surface area contributed by atoms with Gasteiger partial charge in [0.15, 0.2) is 0 Å². The molecule has 0 unspecified atom stereocenters. The fourth-order valence-electron chi connectivity index (χ4n) is 6.58. The number of piperidine rings is 1. The van der Waals surface area contributed by atoms with Crippen molar-refractivity contribution in [1.82, 2.24) is 10.2 Å². The van der Waals surface area contributed by atoms with Gasteiger partial charge >= 0.3 is 0 Å². The fraction of sp³-hybridized carbons (Fsp3) is 0.379. The molecule has 5 heteroatoms. The summed E-state index contributed by atoms with van der Waals surface area (Å²) in [5.41, 5.74) is 4.05. The third-order valence-electron chi connectivity index (χ3n) is 8.34. The lowest BCUT2D eigenvalue weighted by molar-refractivity contribution is -0.129. The highest BCUT2D eigenvalue weighted by atomic mass is 16.2. The second-order valence-electron chi connectivity index (χ2n) is 10.2. The Morgan fingerprint density at radius 3 is 2.53 bits per heavy atom. The third kappa shape index (κ3) is 3.10. The lowest BCUT2D eigenvalue weighted by atomic mass is 9.80. The zero-order chi connectivity index (χ0) is 23.4. The number of rotatable bonds is 4. The van der Waals surface area contributed by atoms with Gasteiger partial charge in [-0.25, -0.2) is 0 Å². The molecule has 1 saturated heterocycles. The molecule has 2 atom stereocenters. The molecule has 2 aliphatic heterocycles. The molecule has 2 heterocycles. The minimum absolute atomic E-state index is 0.0637. The monoisotopic (exact) mass is 453 g/mol. The van der Waals surface area contributed by atoms with Gasteiger partial charge in [0, 0.05) is 44.3 Å². The Bertz CT molecular complexity index is 1290. The number of amides is 2. The third-order valence-corrected chi connectivity index (χ3v) is 8.34. The standard InChI is InChI=1S/C29H31N3O2/c1-29(18-26(33)30-2)23-11-3-4-12-24(23)32(28(29)34)21-13-15-31(16-14-21)25-17-20-9-5-7-19-8-6-10-22(25)27(19)20/h3-12,21,25H,13-18H2,1-2H3,(H,30,33)/t25-,29+/m0/s1. The second-order valence-corrected chi connectivity index (χ2v) is 10.2. The van der Waals surface area contributed by atoms with E-state index in [-0.39, 0.29) is 24.3 Å². The zero-order valence-corrected chi connectivity index (χ0v) is 19.9. The molecule has 0 spiro atoms. The van der Waals surface area contributed by atoms with Crippen LogP contribution in [0.15, 0.2) is 60.7 Å². The van der Waals surface area contributed by atoms with Gasteiger partial charge in [0.1, 0.15) is 0 Å². The fourth-order valence-corrected chi connectivity index (χ4v) is 6.58. The van der Waals surface area contributed by atoms with Crippen molar-refractivity contribution in [2.45, 2.75) is 50.1 Å². The van der Waals surface area contributed by atoms with Gasteiger partial charge < -0.3 is 10.2 Å². The number of hydrogen-bond donors (Lipinski definition) is 1. The summed E-state index contributed by atoms with van der Waals surface area (Å²) in [7, 11) is 1.63. The molecule has 34 heavy (non-hydrogen) atoms. The number of benzene rings is 3. The summed E-state index contributed by atoms with van der Waals surface area (Å²) in [5.74, 6) is -0.0360. The molecule has 2 amide bonds. The summed E-state index contributed by atoms with van der Waals surface area (Å²) in [5, 5.41) is 5.47. The van der Waals surface area contributed by atoms with E-state index in [0.717, 1.165) is 43.6 Å². The van der Waals surface area contributed by atoms with E-state index < -0.39 is 5.41 Å². The Morgan fingerprint density at radius 1 is 1.03 bits per heavy atom. The highest BCUT2D eigenvalue weighted by molar-refractivity contribution is 6.10. The maximum absolute atomic E-state index is 13.8. The molecule has 5 nitrogen and oxygen atoms in total. The second kappa shape index (κ2) is 7.95. The van der Waals surface area contributed by atoms with Gasteiger partial charge in [0.2, 0.25) is 11.8 Å². The first-order valence-electron chi connectivity index (χ1n) is 12.4. The Labute approximate surface area is 200 Å². The molecular formula is C29H31N3O2. The van der Waals surface area contributed by atoms with Crippen LogP contribution < -0.4 is 10.2 Å². The van der Waals surface area contributed by atoms with E-state index in [2.05, 4.69) is 46.6 Å². The van der Waals surface area contributed by atoms with E-state index in [1.54, 1.807) is 7.05 Å². The molecule has 3 aliphatic rings. The molecule has 1 N–H and O–H groups in total. The van der Waals surface area contributed by atoms with Gasteiger partial charge in [-0.15, -0.1) is 0 Å². The van der Waals surface area contributed by atoms with Gasteiger partial charge in [-0.1, -0.05) is 54.6 Å². The molecule has 1 fully saturated rings. The molecule has 0 radical (unpaired) electrons. The van der Waals surface area contributed by atoms with Crippen molar-refractivity contribution in [1.29, 1.82) is 0 Å². The van der Waals surface area contributed by atoms with Crippen molar-refractivity contribution in [3.05, 3.63) is 77.4 Å². The predicted molar refractivity (Wildman–Crippen MR) is 135 cm³/mol. The van der Waals surface area contributed by atoms with E-state index in [1.165, 1.54) is 21.9 Å². The SMILES string of the molecule is CNC(=O)C[C@@]1(C)C(=O)N(C2CCN([C@H]3Cc4cccc5cccc3c45)CC2)c2ccccc21. The average Bonchev–Trinajstić information content (AvgIpc) is 3.34. The topological polar surface area (TPSA) is 52.7 Å². The van der Waals surface area contributed by atoms with Crippen LogP contribution in [0.3, 0.4) is 0 Å². The van der Waals surface area contributed by atoms with Gasteiger partial charge in [-0.05, 0) is 59.7 Å². The molecular weight excluding hydrogens is 422 g/mol. The van der Waals surface area contributed by atoms with Crippen LogP contribution in [0.5, 0.6) is 0 Å².